The van der Waals surface area contributed by atoms with Crippen LogP contribution in [0.15, 0.2) is 59.5 Å². The molecule has 32 heavy (non-hydrogen) atoms. The van der Waals surface area contributed by atoms with E-state index in [0.717, 1.165) is 10.9 Å². The van der Waals surface area contributed by atoms with Crippen LogP contribution >= 0.6 is 11.6 Å². The third kappa shape index (κ3) is 4.28. The van der Waals surface area contributed by atoms with E-state index in [9.17, 15) is 13.2 Å². The van der Waals surface area contributed by atoms with Gasteiger partial charge in [-0.05, 0) is 47.7 Å². The summed E-state index contributed by atoms with van der Waals surface area (Å²) in [5.41, 5.74) is 1.33. The molecule has 1 atom stereocenters. The molecule has 1 aliphatic heterocycles. The number of carbonyl (C=O) groups excluding carboxylic acids is 1. The maximum absolute atomic E-state index is 13.0. The summed E-state index contributed by atoms with van der Waals surface area (Å²) in [6.07, 6.45) is 0.359. The number of hydrogen-bond donors (Lipinski definition) is 1. The van der Waals surface area contributed by atoms with Crippen molar-refractivity contribution in [3.05, 3.63) is 70.7 Å². The van der Waals surface area contributed by atoms with Crippen molar-refractivity contribution in [2.75, 3.05) is 13.7 Å². The maximum Gasteiger partial charge on any atom is 0.241 e. The van der Waals surface area contributed by atoms with Crippen LogP contribution in [0.1, 0.15) is 17.5 Å². The fourth-order valence-electron chi connectivity index (χ4n) is 3.79. The molecule has 1 aliphatic rings. The van der Waals surface area contributed by atoms with Crippen LogP contribution in [0.2, 0.25) is 5.02 Å². The zero-order valence-corrected chi connectivity index (χ0v) is 18.8. The summed E-state index contributed by atoms with van der Waals surface area (Å²) in [6, 6.07) is 16.4. The standard InChI is InChI=1S/C23H20ClN3O4S/c1-31-21-8-6-17-5-7-18(12-19(17)22(21)24)32(29,30)26-20-9-10-27(23(20)28)14-16-4-2-3-15(11-16)13-25/h2-8,11-12,20,26H,9-10,14H2,1H3/t20-/m0/s1. The lowest BCUT2D eigenvalue weighted by atomic mass is 10.1. The van der Waals surface area contributed by atoms with E-state index in [1.807, 2.05) is 6.07 Å². The van der Waals surface area contributed by atoms with Crippen LogP contribution in [0.25, 0.3) is 10.8 Å². The largest absolute Gasteiger partial charge is 0.495 e. The van der Waals surface area contributed by atoms with E-state index < -0.39 is 16.1 Å². The van der Waals surface area contributed by atoms with E-state index >= 15 is 0 Å². The van der Waals surface area contributed by atoms with Crippen LogP contribution in [-0.2, 0) is 21.4 Å². The molecular formula is C23H20ClN3O4S. The molecule has 1 N–H and O–H groups in total. The first-order valence-electron chi connectivity index (χ1n) is 9.89. The number of likely N-dealkylation sites (tertiary alicyclic amines) is 1. The molecule has 0 unspecified atom stereocenters. The van der Waals surface area contributed by atoms with Gasteiger partial charge in [0.15, 0.2) is 0 Å². The number of rotatable bonds is 6. The second-order valence-electron chi connectivity index (χ2n) is 7.50. The van der Waals surface area contributed by atoms with E-state index in [2.05, 4.69) is 10.8 Å². The fraction of sp³-hybridized carbons (Fsp3) is 0.217. The van der Waals surface area contributed by atoms with E-state index in [-0.39, 0.29) is 10.8 Å². The van der Waals surface area contributed by atoms with Gasteiger partial charge < -0.3 is 9.64 Å². The summed E-state index contributed by atoms with van der Waals surface area (Å²) in [6.45, 7) is 0.738. The highest BCUT2D eigenvalue weighted by atomic mass is 35.5. The Morgan fingerprint density at radius 1 is 1.22 bits per heavy atom. The summed E-state index contributed by atoms with van der Waals surface area (Å²) in [4.78, 5) is 14.4. The number of fused-ring (bicyclic) bond motifs is 1. The average molecular weight is 470 g/mol. The van der Waals surface area contributed by atoms with Crippen molar-refractivity contribution < 1.29 is 17.9 Å². The van der Waals surface area contributed by atoms with Crippen LogP contribution in [0.3, 0.4) is 0 Å². The van der Waals surface area contributed by atoms with Gasteiger partial charge in [-0.15, -0.1) is 0 Å². The van der Waals surface area contributed by atoms with E-state index in [1.54, 1.807) is 41.3 Å². The molecule has 9 heteroatoms. The molecular weight excluding hydrogens is 450 g/mol. The Morgan fingerprint density at radius 2 is 2.00 bits per heavy atom. The molecule has 0 saturated carbocycles. The van der Waals surface area contributed by atoms with Crippen molar-refractivity contribution in [1.29, 1.82) is 5.26 Å². The second kappa shape index (κ2) is 8.79. The number of halogens is 1. The summed E-state index contributed by atoms with van der Waals surface area (Å²) in [5, 5.41) is 10.7. The lowest BCUT2D eigenvalue weighted by Gasteiger charge is -2.17. The minimum atomic E-state index is -3.95. The summed E-state index contributed by atoms with van der Waals surface area (Å²) < 4.78 is 33.7. The van der Waals surface area contributed by atoms with Gasteiger partial charge in [0.1, 0.15) is 11.8 Å². The van der Waals surface area contributed by atoms with Crippen LogP contribution in [0, 0.1) is 11.3 Å². The smallest absolute Gasteiger partial charge is 0.241 e. The quantitative estimate of drug-likeness (QED) is 0.596. The van der Waals surface area contributed by atoms with Crippen molar-refractivity contribution >= 4 is 38.3 Å². The minimum Gasteiger partial charge on any atom is -0.495 e. The third-order valence-corrected chi connectivity index (χ3v) is 7.31. The Morgan fingerprint density at radius 3 is 2.75 bits per heavy atom. The Bertz CT molecular complexity index is 1350. The van der Waals surface area contributed by atoms with E-state index in [0.29, 0.717) is 41.2 Å². The lowest BCUT2D eigenvalue weighted by Crippen LogP contribution is -2.41. The number of hydrogen-bond acceptors (Lipinski definition) is 5. The molecule has 1 saturated heterocycles. The van der Waals surface area contributed by atoms with Crippen molar-refractivity contribution in [2.45, 2.75) is 23.9 Å². The van der Waals surface area contributed by atoms with Gasteiger partial charge >= 0.3 is 0 Å². The number of nitrogens with zero attached hydrogens (tertiary/aromatic N) is 2. The second-order valence-corrected chi connectivity index (χ2v) is 9.59. The van der Waals surface area contributed by atoms with Crippen molar-refractivity contribution in [2.24, 2.45) is 0 Å². The Labute approximate surface area is 191 Å². The van der Waals surface area contributed by atoms with Gasteiger partial charge in [0.05, 0.1) is 28.7 Å². The molecule has 0 bridgehead atoms. The molecule has 0 aliphatic carbocycles. The normalized spacial score (nSPS) is 16.3. The SMILES string of the molecule is COc1ccc2ccc(S(=O)(=O)N[C@H]3CCN(Cc4cccc(C#N)c4)C3=O)cc2c1Cl. The predicted molar refractivity (Wildman–Crippen MR) is 121 cm³/mol. The number of ether oxygens (including phenoxy) is 1. The molecule has 0 spiro atoms. The molecule has 7 nitrogen and oxygen atoms in total. The van der Waals surface area contributed by atoms with Crippen molar-refractivity contribution in [3.63, 3.8) is 0 Å². The van der Waals surface area contributed by atoms with E-state index in [1.165, 1.54) is 19.2 Å². The predicted octanol–water partition coefficient (Wildman–Crippen LogP) is 3.45. The van der Waals surface area contributed by atoms with E-state index in [4.69, 9.17) is 21.6 Å². The zero-order valence-electron chi connectivity index (χ0n) is 17.2. The Hall–Kier alpha value is -3.12. The summed E-state index contributed by atoms with van der Waals surface area (Å²) in [5.74, 6) is 0.153. The Kier molecular flexibility index (Phi) is 6.07. The maximum atomic E-state index is 13.0. The summed E-state index contributed by atoms with van der Waals surface area (Å²) in [7, 11) is -2.46. The minimum absolute atomic E-state index is 0.0214. The molecule has 1 heterocycles. The van der Waals surface area contributed by atoms with Crippen molar-refractivity contribution in [1.82, 2.24) is 9.62 Å². The molecule has 0 radical (unpaired) electrons. The topological polar surface area (TPSA) is 99.5 Å². The van der Waals surface area contributed by atoms with Gasteiger partial charge in [-0.2, -0.15) is 9.98 Å². The molecule has 3 aromatic carbocycles. The lowest BCUT2D eigenvalue weighted by molar-refractivity contribution is -0.129. The number of amides is 1. The highest BCUT2D eigenvalue weighted by Crippen LogP contribution is 2.34. The van der Waals surface area contributed by atoms with Gasteiger partial charge in [-0.1, -0.05) is 35.9 Å². The highest BCUT2D eigenvalue weighted by Gasteiger charge is 2.35. The monoisotopic (exact) mass is 469 g/mol. The van der Waals surface area contributed by atoms with Gasteiger partial charge in [-0.3, -0.25) is 4.79 Å². The van der Waals surface area contributed by atoms with Gasteiger partial charge in [0, 0.05) is 18.5 Å². The van der Waals surface area contributed by atoms with Crippen LogP contribution in [0.5, 0.6) is 5.75 Å². The number of benzene rings is 3. The number of nitriles is 1. The average Bonchev–Trinajstić information content (AvgIpc) is 3.12. The molecule has 1 fully saturated rings. The molecule has 164 valence electrons. The first-order chi connectivity index (χ1) is 15.3. The van der Waals surface area contributed by atoms with Crippen molar-refractivity contribution in [3.8, 4) is 11.8 Å². The van der Waals surface area contributed by atoms with Crippen LogP contribution < -0.4 is 9.46 Å². The van der Waals surface area contributed by atoms with Crippen LogP contribution in [-0.4, -0.2) is 38.9 Å². The highest BCUT2D eigenvalue weighted by molar-refractivity contribution is 7.89. The van der Waals surface area contributed by atoms with Gasteiger partial charge in [-0.25, -0.2) is 8.42 Å². The Balaban J connectivity index is 1.53. The van der Waals surface area contributed by atoms with Gasteiger partial charge in [0.2, 0.25) is 15.9 Å². The molecule has 4 rings (SSSR count). The first-order valence-corrected chi connectivity index (χ1v) is 11.7. The number of sulfonamides is 1. The van der Waals surface area contributed by atoms with Crippen LogP contribution in [0.4, 0.5) is 0 Å². The first kappa shape index (κ1) is 22.1. The molecule has 3 aromatic rings. The fourth-order valence-corrected chi connectivity index (χ4v) is 5.34. The number of carbonyl (C=O) groups is 1. The number of nitrogens with one attached hydrogen (secondary N) is 1. The molecule has 1 amide bonds. The molecule has 0 aromatic heterocycles. The zero-order chi connectivity index (χ0) is 22.9. The summed E-state index contributed by atoms with van der Waals surface area (Å²) >= 11 is 6.35. The third-order valence-electron chi connectivity index (χ3n) is 5.45. The number of methoxy groups -OCH3 is 1. The van der Waals surface area contributed by atoms with Gasteiger partial charge in [0.25, 0.3) is 0 Å².